The Labute approximate surface area is 108 Å². The average Bonchev–Trinajstić information content (AvgIpc) is 2.63. The van der Waals surface area contributed by atoms with Crippen LogP contribution in [0, 0.1) is 0 Å². The zero-order chi connectivity index (χ0) is 12.5. The molecule has 2 rings (SSSR count). The van der Waals surface area contributed by atoms with Crippen LogP contribution in [0.2, 0.25) is 0 Å². The van der Waals surface area contributed by atoms with E-state index in [1.807, 2.05) is 31.2 Å². The van der Waals surface area contributed by atoms with E-state index >= 15 is 0 Å². The maximum atomic E-state index is 6.30. The van der Waals surface area contributed by atoms with E-state index in [1.54, 1.807) is 7.05 Å². The van der Waals surface area contributed by atoms with Gasteiger partial charge in [-0.25, -0.2) is 0 Å². The molecule has 0 aliphatic carbocycles. The fourth-order valence-corrected chi connectivity index (χ4v) is 1.92. The van der Waals surface area contributed by atoms with Crippen LogP contribution in [0.5, 0.6) is 0 Å². The molecular weight excluding hydrogens is 282 g/mol. The van der Waals surface area contributed by atoms with E-state index in [4.69, 9.17) is 5.73 Å². The lowest BCUT2D eigenvalue weighted by Crippen LogP contribution is -2.35. The summed E-state index contributed by atoms with van der Waals surface area (Å²) >= 11 is 3.40. The third-order valence-electron chi connectivity index (χ3n) is 2.58. The van der Waals surface area contributed by atoms with Gasteiger partial charge in [0.05, 0.1) is 7.05 Å². The Morgan fingerprint density at radius 2 is 2.00 bits per heavy atom. The summed E-state index contributed by atoms with van der Waals surface area (Å²) in [5, 5.41) is 11.9. The Kier molecular flexibility index (Phi) is 3.26. The molecule has 1 unspecified atom stereocenters. The fourth-order valence-electron chi connectivity index (χ4n) is 1.66. The molecule has 1 heterocycles. The van der Waals surface area contributed by atoms with Gasteiger partial charge in [-0.2, -0.15) is 4.80 Å². The summed E-state index contributed by atoms with van der Waals surface area (Å²) in [7, 11) is 1.74. The Morgan fingerprint density at radius 1 is 1.35 bits per heavy atom. The molecule has 0 saturated carbocycles. The number of halogens is 1. The summed E-state index contributed by atoms with van der Waals surface area (Å²) in [5.41, 5.74) is 6.85. The molecule has 1 atom stereocenters. The predicted molar refractivity (Wildman–Crippen MR) is 68.2 cm³/mol. The third kappa shape index (κ3) is 2.89. The molecule has 0 radical (unpaired) electrons. The minimum Gasteiger partial charge on any atom is -0.321 e. The SMILES string of the molecule is Cn1nnc(CC(C)(N)c2ccc(Br)cc2)n1. The highest BCUT2D eigenvalue weighted by Crippen LogP contribution is 2.22. The molecule has 0 aliphatic rings. The number of hydrogen-bond acceptors (Lipinski definition) is 4. The second kappa shape index (κ2) is 4.54. The normalized spacial score (nSPS) is 14.6. The van der Waals surface area contributed by atoms with Crippen molar-refractivity contribution in [2.75, 3.05) is 0 Å². The van der Waals surface area contributed by atoms with Crippen molar-refractivity contribution in [3.63, 3.8) is 0 Å². The zero-order valence-electron chi connectivity index (χ0n) is 9.76. The second-order valence-electron chi connectivity index (χ2n) is 4.30. The Bertz CT molecular complexity index is 503. The summed E-state index contributed by atoms with van der Waals surface area (Å²) in [4.78, 5) is 1.44. The molecule has 90 valence electrons. The lowest BCUT2D eigenvalue weighted by molar-refractivity contribution is 0.476. The van der Waals surface area contributed by atoms with Gasteiger partial charge in [0, 0.05) is 16.4 Å². The number of tetrazole rings is 1. The van der Waals surface area contributed by atoms with Crippen molar-refractivity contribution in [1.29, 1.82) is 0 Å². The summed E-state index contributed by atoms with van der Waals surface area (Å²) in [6.45, 7) is 1.96. The molecule has 1 aromatic heterocycles. The van der Waals surface area contributed by atoms with Crippen LogP contribution in [0.15, 0.2) is 28.7 Å². The maximum Gasteiger partial charge on any atom is 0.176 e. The molecule has 0 fully saturated rings. The van der Waals surface area contributed by atoms with Crippen molar-refractivity contribution in [2.45, 2.75) is 18.9 Å². The van der Waals surface area contributed by atoms with Crippen LogP contribution in [0.3, 0.4) is 0 Å². The first kappa shape index (κ1) is 12.2. The van der Waals surface area contributed by atoms with Crippen molar-refractivity contribution >= 4 is 15.9 Å². The van der Waals surface area contributed by atoms with E-state index < -0.39 is 5.54 Å². The minimum absolute atomic E-state index is 0.496. The average molecular weight is 296 g/mol. The number of aryl methyl sites for hydroxylation is 1. The van der Waals surface area contributed by atoms with Crippen molar-refractivity contribution < 1.29 is 0 Å². The quantitative estimate of drug-likeness (QED) is 0.929. The molecule has 2 aromatic rings. The number of nitrogens with two attached hydrogens (primary N) is 1. The number of hydrogen-bond donors (Lipinski definition) is 1. The second-order valence-corrected chi connectivity index (χ2v) is 5.21. The smallest absolute Gasteiger partial charge is 0.176 e. The number of aromatic nitrogens is 4. The molecule has 0 aliphatic heterocycles. The van der Waals surface area contributed by atoms with E-state index in [2.05, 4.69) is 31.3 Å². The van der Waals surface area contributed by atoms with Crippen LogP contribution in [-0.4, -0.2) is 20.2 Å². The van der Waals surface area contributed by atoms with E-state index in [-0.39, 0.29) is 0 Å². The molecule has 0 saturated heterocycles. The standard InChI is InChI=1S/C11H14BrN5/c1-11(13,7-10-14-16-17(2)15-10)8-3-5-9(12)6-4-8/h3-6H,7,13H2,1-2H3. The summed E-state index contributed by atoms with van der Waals surface area (Å²) in [5.74, 6) is 0.653. The minimum atomic E-state index is -0.496. The van der Waals surface area contributed by atoms with Gasteiger partial charge in [-0.15, -0.1) is 10.2 Å². The van der Waals surface area contributed by atoms with Gasteiger partial charge >= 0.3 is 0 Å². The first-order valence-corrected chi connectivity index (χ1v) is 6.04. The van der Waals surface area contributed by atoms with E-state index in [0.717, 1.165) is 10.0 Å². The predicted octanol–water partition coefficient (Wildman–Crippen LogP) is 1.39. The molecule has 0 bridgehead atoms. The topological polar surface area (TPSA) is 69.6 Å². The molecular formula is C11H14BrN5. The lowest BCUT2D eigenvalue weighted by atomic mass is 9.90. The van der Waals surface area contributed by atoms with Crippen LogP contribution in [0.1, 0.15) is 18.3 Å². The monoisotopic (exact) mass is 295 g/mol. The summed E-state index contributed by atoms with van der Waals surface area (Å²) in [6, 6.07) is 7.95. The Morgan fingerprint density at radius 3 is 2.53 bits per heavy atom. The maximum absolute atomic E-state index is 6.30. The molecule has 5 nitrogen and oxygen atoms in total. The largest absolute Gasteiger partial charge is 0.321 e. The molecule has 0 amide bonds. The summed E-state index contributed by atoms with van der Waals surface area (Å²) in [6.07, 6.45) is 0.558. The van der Waals surface area contributed by atoms with E-state index in [0.29, 0.717) is 12.2 Å². The van der Waals surface area contributed by atoms with Gasteiger partial charge in [-0.05, 0) is 29.8 Å². The van der Waals surface area contributed by atoms with Gasteiger partial charge in [-0.1, -0.05) is 28.1 Å². The highest BCUT2D eigenvalue weighted by molar-refractivity contribution is 9.10. The van der Waals surface area contributed by atoms with Crippen LogP contribution in [-0.2, 0) is 19.0 Å². The van der Waals surface area contributed by atoms with Gasteiger partial charge in [0.15, 0.2) is 5.82 Å². The molecule has 0 spiro atoms. The lowest BCUT2D eigenvalue weighted by Gasteiger charge is -2.23. The number of rotatable bonds is 3. The molecule has 1 aromatic carbocycles. The first-order chi connectivity index (χ1) is 7.97. The molecule has 2 N–H and O–H groups in total. The van der Waals surface area contributed by atoms with Gasteiger partial charge in [0.1, 0.15) is 0 Å². The van der Waals surface area contributed by atoms with Gasteiger partial charge in [0.25, 0.3) is 0 Å². The molecule has 17 heavy (non-hydrogen) atoms. The van der Waals surface area contributed by atoms with Gasteiger partial charge in [-0.3, -0.25) is 0 Å². The zero-order valence-corrected chi connectivity index (χ0v) is 11.3. The highest BCUT2D eigenvalue weighted by atomic mass is 79.9. The van der Waals surface area contributed by atoms with Crippen molar-refractivity contribution in [1.82, 2.24) is 20.2 Å². The summed E-state index contributed by atoms with van der Waals surface area (Å²) < 4.78 is 1.04. The highest BCUT2D eigenvalue weighted by Gasteiger charge is 2.23. The first-order valence-electron chi connectivity index (χ1n) is 5.25. The van der Waals surface area contributed by atoms with Gasteiger partial charge in [0.2, 0.25) is 0 Å². The molecule has 6 heteroatoms. The fraction of sp³-hybridized carbons (Fsp3) is 0.364. The van der Waals surface area contributed by atoms with Crippen LogP contribution < -0.4 is 5.73 Å². The van der Waals surface area contributed by atoms with Crippen molar-refractivity contribution in [3.05, 3.63) is 40.1 Å². The van der Waals surface area contributed by atoms with E-state index in [9.17, 15) is 0 Å². The van der Waals surface area contributed by atoms with Crippen molar-refractivity contribution in [2.24, 2.45) is 12.8 Å². The van der Waals surface area contributed by atoms with Crippen LogP contribution in [0.25, 0.3) is 0 Å². The number of benzene rings is 1. The van der Waals surface area contributed by atoms with Crippen molar-refractivity contribution in [3.8, 4) is 0 Å². The Balaban J connectivity index is 2.21. The third-order valence-corrected chi connectivity index (χ3v) is 3.11. The van der Waals surface area contributed by atoms with E-state index in [1.165, 1.54) is 4.80 Å². The Hall–Kier alpha value is -1.27. The van der Waals surface area contributed by atoms with Crippen LogP contribution >= 0.6 is 15.9 Å². The number of nitrogens with zero attached hydrogens (tertiary/aromatic N) is 4. The van der Waals surface area contributed by atoms with Crippen LogP contribution in [0.4, 0.5) is 0 Å². The van der Waals surface area contributed by atoms with Gasteiger partial charge < -0.3 is 5.73 Å².